The summed E-state index contributed by atoms with van der Waals surface area (Å²) in [5.41, 5.74) is 5.37. The van der Waals surface area contributed by atoms with Gasteiger partial charge in [0, 0.05) is 6.54 Å². The molecule has 0 aliphatic heterocycles. The number of hydrogen-bond donors (Lipinski definition) is 3. The molecule has 0 aliphatic rings. The number of nitrogens with zero attached hydrogens (tertiary/aromatic N) is 2. The highest BCUT2D eigenvalue weighted by molar-refractivity contribution is 5.79. The summed E-state index contributed by atoms with van der Waals surface area (Å²) in [5.74, 6) is -0.764. The van der Waals surface area contributed by atoms with Crippen molar-refractivity contribution >= 4 is 18.0 Å². The normalized spacial score (nSPS) is 12.7. The molecule has 0 unspecified atom stereocenters. The number of amidine groups is 1. The van der Waals surface area contributed by atoms with E-state index in [1.807, 2.05) is 0 Å². The second-order valence-electron chi connectivity index (χ2n) is 4.08. The van der Waals surface area contributed by atoms with E-state index in [4.69, 9.17) is 20.8 Å². The lowest BCUT2D eigenvalue weighted by atomic mass is 10.1. The predicted molar refractivity (Wildman–Crippen MR) is 69.4 cm³/mol. The predicted octanol–water partition coefficient (Wildman–Crippen LogP) is 0.419. The molecule has 1 atom stereocenters. The Balaban J connectivity index is 4.11. The Morgan fingerprint density at radius 1 is 1.40 bits per heavy atom. The van der Waals surface area contributed by atoms with E-state index < -0.39 is 18.2 Å². The van der Waals surface area contributed by atoms with Gasteiger partial charge in [0.15, 0.2) is 6.73 Å². The molecule has 0 heterocycles. The highest BCUT2D eigenvalue weighted by Crippen LogP contribution is 2.03. The van der Waals surface area contributed by atoms with Crippen LogP contribution in [0.2, 0.25) is 0 Å². The van der Waals surface area contributed by atoms with Crippen LogP contribution >= 0.6 is 0 Å². The van der Waals surface area contributed by atoms with Crippen LogP contribution in [0, 0.1) is 0 Å². The Labute approximate surface area is 116 Å². The Kier molecular flexibility index (Phi) is 8.84. The van der Waals surface area contributed by atoms with E-state index in [9.17, 15) is 9.59 Å². The highest BCUT2D eigenvalue weighted by Gasteiger charge is 2.13. The summed E-state index contributed by atoms with van der Waals surface area (Å²) in [6.45, 7) is 1.86. The minimum Gasteiger partial charge on any atom is -0.480 e. The molecule has 0 spiro atoms. The molecular weight excluding hydrogens is 270 g/mol. The zero-order chi connectivity index (χ0) is 15.5. The second kappa shape index (κ2) is 9.84. The highest BCUT2D eigenvalue weighted by atomic mass is 16.7. The summed E-state index contributed by atoms with van der Waals surface area (Å²) in [4.78, 5) is 22.9. The fraction of sp³-hybridized carbons (Fsp3) is 0.727. The first-order valence-electron chi connectivity index (χ1n) is 6.05. The van der Waals surface area contributed by atoms with Gasteiger partial charge < -0.3 is 30.4 Å². The van der Waals surface area contributed by atoms with Crippen molar-refractivity contribution in [2.24, 2.45) is 10.9 Å². The van der Waals surface area contributed by atoms with Crippen LogP contribution in [0.5, 0.6) is 0 Å². The van der Waals surface area contributed by atoms with Crippen molar-refractivity contribution in [3.8, 4) is 0 Å². The molecule has 0 aromatic carbocycles. The summed E-state index contributed by atoms with van der Waals surface area (Å²) in [6, 6.07) is -0.887. The molecule has 116 valence electrons. The van der Waals surface area contributed by atoms with E-state index in [-0.39, 0.29) is 12.6 Å². The summed E-state index contributed by atoms with van der Waals surface area (Å²) in [5, 5.41) is 20.4. The first kappa shape index (κ1) is 18.0. The minimum absolute atomic E-state index is 0.118. The van der Waals surface area contributed by atoms with Gasteiger partial charge in [0.05, 0.1) is 7.11 Å². The van der Waals surface area contributed by atoms with Crippen LogP contribution in [0.3, 0.4) is 0 Å². The molecule has 4 N–H and O–H groups in total. The fourth-order valence-electron chi connectivity index (χ4n) is 1.36. The van der Waals surface area contributed by atoms with Gasteiger partial charge in [-0.05, 0) is 26.2 Å². The van der Waals surface area contributed by atoms with Crippen molar-refractivity contribution in [3.05, 3.63) is 0 Å². The van der Waals surface area contributed by atoms with Crippen LogP contribution in [0.25, 0.3) is 0 Å². The average molecular weight is 291 g/mol. The van der Waals surface area contributed by atoms with Crippen molar-refractivity contribution in [2.75, 3.05) is 20.4 Å². The summed E-state index contributed by atoms with van der Waals surface area (Å²) >= 11 is 0. The SMILES string of the molecule is COC(=O)OCN(CCCC[C@H](N)C(=O)O)/C(C)=N/O. The maximum Gasteiger partial charge on any atom is 0.509 e. The number of carboxylic acids is 1. The van der Waals surface area contributed by atoms with Gasteiger partial charge in [-0.1, -0.05) is 5.16 Å². The van der Waals surface area contributed by atoms with E-state index in [2.05, 4.69) is 9.89 Å². The molecule has 0 saturated carbocycles. The first-order valence-corrected chi connectivity index (χ1v) is 6.05. The molecule has 0 bridgehead atoms. The topological polar surface area (TPSA) is 135 Å². The maximum atomic E-state index is 10.9. The lowest BCUT2D eigenvalue weighted by molar-refractivity contribution is -0.138. The molecule has 0 amide bonds. The number of unbranched alkanes of at least 4 members (excludes halogenated alkanes) is 1. The molecule has 0 aromatic rings. The molecule has 20 heavy (non-hydrogen) atoms. The Bertz CT molecular complexity index is 347. The zero-order valence-electron chi connectivity index (χ0n) is 11.6. The first-order chi connectivity index (χ1) is 9.42. The number of carbonyl (C=O) groups is 2. The van der Waals surface area contributed by atoms with E-state index in [1.54, 1.807) is 6.92 Å². The van der Waals surface area contributed by atoms with E-state index in [1.165, 1.54) is 12.0 Å². The fourth-order valence-corrected chi connectivity index (χ4v) is 1.36. The molecule has 0 radical (unpaired) electrons. The molecule has 0 aliphatic carbocycles. The number of methoxy groups -OCH3 is 1. The number of nitrogens with two attached hydrogens (primary N) is 1. The lowest BCUT2D eigenvalue weighted by Gasteiger charge is -2.22. The quantitative estimate of drug-likeness (QED) is 0.111. The van der Waals surface area contributed by atoms with E-state index >= 15 is 0 Å². The third-order valence-electron chi connectivity index (χ3n) is 2.62. The number of carbonyl (C=O) groups excluding carboxylic acids is 1. The van der Waals surface area contributed by atoms with Crippen LogP contribution in [0.1, 0.15) is 26.2 Å². The smallest absolute Gasteiger partial charge is 0.480 e. The number of hydrogen-bond acceptors (Lipinski definition) is 7. The molecule has 0 aromatic heterocycles. The van der Waals surface area contributed by atoms with Crippen molar-refractivity contribution in [2.45, 2.75) is 32.2 Å². The van der Waals surface area contributed by atoms with Gasteiger partial charge in [0.1, 0.15) is 11.9 Å². The van der Waals surface area contributed by atoms with Crippen LogP contribution in [0.4, 0.5) is 4.79 Å². The van der Waals surface area contributed by atoms with Crippen LogP contribution in [-0.2, 0) is 14.3 Å². The molecule has 0 saturated heterocycles. The standard InChI is InChI=1S/C11H21N3O6/c1-8(13-18)14(7-20-11(17)19-2)6-4-3-5-9(12)10(15)16/h9,18H,3-7,12H2,1-2H3,(H,15,16)/b13-8+/t9-/m0/s1. The van der Waals surface area contributed by atoms with Gasteiger partial charge in [0.2, 0.25) is 0 Å². The van der Waals surface area contributed by atoms with Gasteiger partial charge in [-0.15, -0.1) is 0 Å². The Morgan fingerprint density at radius 3 is 2.55 bits per heavy atom. The van der Waals surface area contributed by atoms with Crippen LogP contribution < -0.4 is 5.73 Å². The third kappa shape index (κ3) is 7.41. The number of ether oxygens (including phenoxy) is 2. The largest absolute Gasteiger partial charge is 0.509 e. The Hall–Kier alpha value is -2.03. The number of rotatable bonds is 8. The summed E-state index contributed by atoms with van der Waals surface area (Å²) < 4.78 is 9.07. The van der Waals surface area contributed by atoms with E-state index in [0.29, 0.717) is 25.8 Å². The van der Waals surface area contributed by atoms with Gasteiger partial charge in [0.25, 0.3) is 0 Å². The second-order valence-corrected chi connectivity index (χ2v) is 4.08. The molecule has 0 fully saturated rings. The van der Waals surface area contributed by atoms with Crippen molar-refractivity contribution in [3.63, 3.8) is 0 Å². The van der Waals surface area contributed by atoms with Crippen LogP contribution in [-0.4, -0.2) is 59.6 Å². The minimum atomic E-state index is -1.04. The number of carboxylic acid groups (broad SMARTS) is 1. The monoisotopic (exact) mass is 291 g/mol. The van der Waals surface area contributed by atoms with Crippen molar-refractivity contribution < 1.29 is 29.4 Å². The van der Waals surface area contributed by atoms with Crippen molar-refractivity contribution in [1.82, 2.24) is 4.90 Å². The molecule has 9 nitrogen and oxygen atoms in total. The van der Waals surface area contributed by atoms with Crippen molar-refractivity contribution in [1.29, 1.82) is 0 Å². The van der Waals surface area contributed by atoms with Gasteiger partial charge in [-0.3, -0.25) is 4.79 Å². The summed E-state index contributed by atoms with van der Waals surface area (Å²) in [7, 11) is 1.19. The summed E-state index contributed by atoms with van der Waals surface area (Å²) in [6.07, 6.45) is 0.698. The van der Waals surface area contributed by atoms with Crippen LogP contribution in [0.15, 0.2) is 5.16 Å². The average Bonchev–Trinajstić information content (AvgIpc) is 2.44. The van der Waals surface area contributed by atoms with E-state index in [0.717, 1.165) is 0 Å². The van der Waals surface area contributed by atoms with Gasteiger partial charge in [-0.25, -0.2) is 4.79 Å². The zero-order valence-corrected chi connectivity index (χ0v) is 11.6. The van der Waals surface area contributed by atoms with Gasteiger partial charge in [-0.2, -0.15) is 0 Å². The molecular formula is C11H21N3O6. The maximum absolute atomic E-state index is 10.9. The lowest BCUT2D eigenvalue weighted by Crippen LogP contribution is -2.34. The third-order valence-corrected chi connectivity index (χ3v) is 2.62. The van der Waals surface area contributed by atoms with Gasteiger partial charge >= 0.3 is 12.1 Å². The molecule has 0 rings (SSSR count). The molecule has 9 heteroatoms. The number of oxime groups is 1. The Morgan fingerprint density at radius 2 is 2.05 bits per heavy atom. The number of aliphatic carboxylic acids is 1.